The summed E-state index contributed by atoms with van der Waals surface area (Å²) in [6.07, 6.45) is 0.877. The van der Waals surface area contributed by atoms with Gasteiger partial charge in [0.1, 0.15) is 18.0 Å². The summed E-state index contributed by atoms with van der Waals surface area (Å²) in [6, 6.07) is 13.5. The quantitative estimate of drug-likeness (QED) is 0.476. The molecule has 1 atom stereocenters. The fourth-order valence-electron chi connectivity index (χ4n) is 4.83. The Labute approximate surface area is 224 Å². The maximum absolute atomic E-state index is 13.7. The predicted octanol–water partition coefficient (Wildman–Crippen LogP) is 3.26. The Morgan fingerprint density at radius 1 is 1.08 bits per heavy atom. The van der Waals surface area contributed by atoms with Gasteiger partial charge < -0.3 is 19.1 Å². The van der Waals surface area contributed by atoms with Crippen molar-refractivity contribution in [2.24, 2.45) is 5.10 Å². The van der Waals surface area contributed by atoms with Gasteiger partial charge in [0.05, 0.1) is 39.2 Å². The van der Waals surface area contributed by atoms with Crippen LogP contribution in [0.4, 0.5) is 0 Å². The summed E-state index contributed by atoms with van der Waals surface area (Å²) in [6.45, 7) is 8.10. The van der Waals surface area contributed by atoms with Crippen LogP contribution < -0.4 is 9.47 Å². The van der Waals surface area contributed by atoms with Gasteiger partial charge in [0.25, 0.3) is 5.91 Å². The van der Waals surface area contributed by atoms with Crippen molar-refractivity contribution in [3.8, 4) is 11.5 Å². The van der Waals surface area contributed by atoms with E-state index in [0.717, 1.165) is 35.5 Å². The van der Waals surface area contributed by atoms with Gasteiger partial charge in [0, 0.05) is 50.7 Å². The summed E-state index contributed by atoms with van der Waals surface area (Å²) < 4.78 is 16.4. The van der Waals surface area contributed by atoms with E-state index in [4.69, 9.17) is 19.3 Å². The van der Waals surface area contributed by atoms with Crippen molar-refractivity contribution in [1.29, 1.82) is 0 Å². The van der Waals surface area contributed by atoms with Crippen LogP contribution in [0.1, 0.15) is 42.5 Å². The number of hydrogen-bond donors (Lipinski definition) is 0. The molecular weight excluding hydrogens is 484 g/mol. The van der Waals surface area contributed by atoms with Crippen molar-refractivity contribution in [2.75, 3.05) is 60.2 Å². The first-order valence-electron chi connectivity index (χ1n) is 13.2. The van der Waals surface area contributed by atoms with Crippen LogP contribution in [0.2, 0.25) is 0 Å². The maximum atomic E-state index is 13.7. The van der Waals surface area contributed by atoms with Gasteiger partial charge in [-0.3, -0.25) is 14.5 Å². The smallest absolute Gasteiger partial charge is 0.262 e. The largest absolute Gasteiger partial charge is 0.497 e. The van der Waals surface area contributed by atoms with Crippen molar-refractivity contribution >= 4 is 17.5 Å². The number of carbonyl (C=O) groups is 2. The molecule has 2 amide bonds. The van der Waals surface area contributed by atoms with E-state index in [2.05, 4.69) is 4.90 Å². The molecule has 9 nitrogen and oxygen atoms in total. The van der Waals surface area contributed by atoms with E-state index in [9.17, 15) is 9.59 Å². The zero-order valence-corrected chi connectivity index (χ0v) is 22.8. The minimum atomic E-state index is -0.275. The topological polar surface area (TPSA) is 83.9 Å². The second kappa shape index (κ2) is 12.9. The normalized spacial score (nSPS) is 17.7. The van der Waals surface area contributed by atoms with Gasteiger partial charge in [-0.25, -0.2) is 5.01 Å². The molecule has 4 rings (SSSR count). The van der Waals surface area contributed by atoms with Crippen LogP contribution in [-0.2, 0) is 14.3 Å². The average molecular weight is 523 g/mol. The molecule has 2 aliphatic heterocycles. The molecular formula is C29H38N4O5. The lowest BCUT2D eigenvalue weighted by Crippen LogP contribution is -2.46. The van der Waals surface area contributed by atoms with E-state index in [-0.39, 0.29) is 24.4 Å². The number of amides is 2. The fourth-order valence-corrected chi connectivity index (χ4v) is 4.83. The zero-order valence-electron chi connectivity index (χ0n) is 22.8. The van der Waals surface area contributed by atoms with E-state index < -0.39 is 0 Å². The Kier molecular flexibility index (Phi) is 9.36. The van der Waals surface area contributed by atoms with Crippen LogP contribution in [0.25, 0.3) is 0 Å². The van der Waals surface area contributed by atoms with Gasteiger partial charge in [-0.2, -0.15) is 5.10 Å². The molecule has 0 aromatic heterocycles. The Morgan fingerprint density at radius 2 is 1.82 bits per heavy atom. The third-order valence-electron chi connectivity index (χ3n) is 7.12. The van der Waals surface area contributed by atoms with Crippen LogP contribution in [0.3, 0.4) is 0 Å². The molecule has 204 valence electrons. The fraction of sp³-hybridized carbons (Fsp3) is 0.483. The van der Waals surface area contributed by atoms with Gasteiger partial charge in [0.2, 0.25) is 5.91 Å². The summed E-state index contributed by atoms with van der Waals surface area (Å²) in [7, 11) is 3.22. The van der Waals surface area contributed by atoms with Gasteiger partial charge in [-0.1, -0.05) is 36.8 Å². The molecule has 9 heteroatoms. The highest BCUT2D eigenvalue weighted by Crippen LogP contribution is 2.36. The number of morpholine rings is 1. The lowest BCUT2D eigenvalue weighted by molar-refractivity contribution is -0.141. The monoisotopic (exact) mass is 522 g/mol. The van der Waals surface area contributed by atoms with Gasteiger partial charge in [-0.15, -0.1) is 0 Å². The summed E-state index contributed by atoms with van der Waals surface area (Å²) in [5, 5.41) is 6.36. The Bertz CT molecular complexity index is 1140. The summed E-state index contributed by atoms with van der Waals surface area (Å²) in [5.74, 6) is 1.06. The molecule has 38 heavy (non-hydrogen) atoms. The first-order chi connectivity index (χ1) is 18.4. The SMILES string of the molecule is CCC(=O)N(CCN1CCOCC1)CC(=O)N1N=C(c2ccc(OC)cc2OC)C[C@@H]1c1ccc(C)cc1. The second-order valence-electron chi connectivity index (χ2n) is 9.60. The van der Waals surface area contributed by atoms with Crippen molar-refractivity contribution in [3.63, 3.8) is 0 Å². The molecule has 0 saturated carbocycles. The van der Waals surface area contributed by atoms with Crippen molar-refractivity contribution in [3.05, 3.63) is 59.2 Å². The van der Waals surface area contributed by atoms with Crippen LogP contribution >= 0.6 is 0 Å². The molecule has 2 aromatic carbocycles. The molecule has 2 aliphatic rings. The predicted molar refractivity (Wildman–Crippen MR) is 146 cm³/mol. The Morgan fingerprint density at radius 3 is 2.47 bits per heavy atom. The van der Waals surface area contributed by atoms with Gasteiger partial charge in [0.15, 0.2) is 0 Å². The van der Waals surface area contributed by atoms with Crippen LogP contribution in [0.15, 0.2) is 47.6 Å². The number of methoxy groups -OCH3 is 2. The number of hydrogen-bond acceptors (Lipinski definition) is 7. The van der Waals surface area contributed by atoms with Gasteiger partial charge in [-0.05, 0) is 24.6 Å². The molecule has 0 N–H and O–H groups in total. The minimum Gasteiger partial charge on any atom is -0.497 e. The van der Waals surface area contributed by atoms with E-state index in [0.29, 0.717) is 50.6 Å². The number of aryl methyl sites for hydroxylation is 1. The van der Waals surface area contributed by atoms with Crippen LogP contribution in [-0.4, -0.2) is 92.5 Å². The minimum absolute atomic E-state index is 0.0180. The molecule has 2 heterocycles. The number of ether oxygens (including phenoxy) is 3. The molecule has 0 spiro atoms. The molecule has 0 aliphatic carbocycles. The second-order valence-corrected chi connectivity index (χ2v) is 9.60. The first-order valence-corrected chi connectivity index (χ1v) is 13.2. The average Bonchev–Trinajstić information content (AvgIpc) is 3.40. The summed E-state index contributed by atoms with van der Waals surface area (Å²) in [4.78, 5) is 30.5. The van der Waals surface area contributed by atoms with Gasteiger partial charge >= 0.3 is 0 Å². The number of benzene rings is 2. The van der Waals surface area contributed by atoms with Crippen LogP contribution in [0.5, 0.6) is 11.5 Å². The lowest BCUT2D eigenvalue weighted by atomic mass is 9.97. The molecule has 1 saturated heterocycles. The Hall–Kier alpha value is -3.43. The number of nitrogens with zero attached hydrogens (tertiary/aromatic N) is 4. The summed E-state index contributed by atoms with van der Waals surface area (Å²) in [5.41, 5.74) is 3.71. The summed E-state index contributed by atoms with van der Waals surface area (Å²) >= 11 is 0. The molecule has 0 bridgehead atoms. The zero-order chi connectivity index (χ0) is 27.1. The van der Waals surface area contributed by atoms with E-state index in [1.807, 2.05) is 56.3 Å². The van der Waals surface area contributed by atoms with E-state index in [1.165, 1.54) is 0 Å². The highest BCUT2D eigenvalue weighted by Gasteiger charge is 2.35. The third-order valence-corrected chi connectivity index (χ3v) is 7.12. The highest BCUT2D eigenvalue weighted by atomic mass is 16.5. The molecule has 2 aromatic rings. The Balaban J connectivity index is 1.59. The third kappa shape index (κ3) is 6.52. The number of rotatable bonds is 10. The highest BCUT2D eigenvalue weighted by molar-refractivity contribution is 6.05. The lowest BCUT2D eigenvalue weighted by Gasteiger charge is -2.31. The standard InChI is InChI=1S/C29H38N4O5/c1-5-28(34)32(13-12-31-14-16-38-17-15-31)20-29(35)33-26(22-8-6-21(2)7-9-22)19-25(30-33)24-11-10-23(36-3)18-27(24)37-4/h6-11,18,26H,5,12-17,19-20H2,1-4H3/t26-/m1/s1. The molecule has 1 fully saturated rings. The number of hydrazone groups is 1. The molecule has 0 unspecified atom stereocenters. The van der Waals surface area contributed by atoms with E-state index >= 15 is 0 Å². The maximum Gasteiger partial charge on any atom is 0.262 e. The molecule has 0 radical (unpaired) electrons. The van der Waals surface area contributed by atoms with Crippen molar-refractivity contribution in [2.45, 2.75) is 32.7 Å². The first kappa shape index (κ1) is 27.6. The van der Waals surface area contributed by atoms with E-state index in [1.54, 1.807) is 24.1 Å². The number of carbonyl (C=O) groups excluding carboxylic acids is 2. The van der Waals surface area contributed by atoms with Crippen LogP contribution in [0, 0.1) is 6.92 Å². The van der Waals surface area contributed by atoms with Crippen molar-refractivity contribution < 1.29 is 23.8 Å². The van der Waals surface area contributed by atoms with Crippen molar-refractivity contribution in [1.82, 2.24) is 14.8 Å².